The smallest absolute Gasteiger partial charge is 0.0872 e. The molecule has 0 aromatic rings. The Morgan fingerprint density at radius 2 is 1.53 bits per heavy atom. The van der Waals surface area contributed by atoms with Gasteiger partial charge in [-0.1, -0.05) is 39.8 Å². The van der Waals surface area contributed by atoms with Gasteiger partial charge in [0.2, 0.25) is 0 Å². The first-order valence-electron chi connectivity index (χ1n) is 7.44. The lowest BCUT2D eigenvalue weighted by atomic mass is 9.94. The Kier molecular flexibility index (Phi) is 6.00. The predicted octanol–water partition coefficient (Wildman–Crippen LogP) is 5.02. The van der Waals surface area contributed by atoms with E-state index in [2.05, 4.69) is 26.0 Å². The Balaban J connectivity index is 0.000000686. The van der Waals surface area contributed by atoms with Crippen LogP contribution in [0.25, 0.3) is 0 Å². The van der Waals surface area contributed by atoms with E-state index in [0.717, 1.165) is 36.2 Å². The van der Waals surface area contributed by atoms with E-state index in [1.807, 2.05) is 13.8 Å². The zero-order valence-corrected chi connectivity index (χ0v) is 12.9. The van der Waals surface area contributed by atoms with Gasteiger partial charge in [0.05, 0.1) is 7.14 Å². The molecule has 2 rings (SSSR count). The lowest BCUT2D eigenvalue weighted by Crippen LogP contribution is -2.10. The Bertz CT molecular complexity index is 273. The summed E-state index contributed by atoms with van der Waals surface area (Å²) in [6.07, 6.45) is 11.6. The molecule has 2 aliphatic carbocycles. The van der Waals surface area contributed by atoms with Crippen LogP contribution in [-0.2, 0) is 4.57 Å². The van der Waals surface area contributed by atoms with Gasteiger partial charge in [-0.3, -0.25) is 0 Å². The van der Waals surface area contributed by atoms with Crippen molar-refractivity contribution in [2.45, 2.75) is 47.0 Å². The lowest BCUT2D eigenvalue weighted by Gasteiger charge is -2.20. The number of allylic oxidation sites excluding steroid dienone is 2. The van der Waals surface area contributed by atoms with Crippen molar-refractivity contribution in [2.24, 2.45) is 17.8 Å². The predicted molar refractivity (Wildman–Crippen MR) is 78.4 cm³/mol. The Labute approximate surface area is 107 Å². The average molecular weight is 256 g/mol. The first-order valence-corrected chi connectivity index (χ1v) is 9.70. The maximum Gasteiger partial charge on any atom is 0.0872 e. The van der Waals surface area contributed by atoms with Crippen molar-refractivity contribution in [1.29, 1.82) is 0 Å². The molecular weight excluding hydrogens is 227 g/mol. The van der Waals surface area contributed by atoms with E-state index in [4.69, 9.17) is 0 Å². The summed E-state index contributed by atoms with van der Waals surface area (Å²) in [7, 11) is -1.79. The summed E-state index contributed by atoms with van der Waals surface area (Å²) >= 11 is 0. The van der Waals surface area contributed by atoms with Crippen LogP contribution in [0.2, 0.25) is 0 Å². The second kappa shape index (κ2) is 6.78. The molecular formula is C15H29OP. The van der Waals surface area contributed by atoms with Crippen LogP contribution in [0.5, 0.6) is 0 Å². The molecule has 2 bridgehead atoms. The first kappa shape index (κ1) is 15.0. The van der Waals surface area contributed by atoms with Crippen LogP contribution in [0, 0.1) is 17.8 Å². The van der Waals surface area contributed by atoms with Crippen LogP contribution in [0.4, 0.5) is 0 Å². The van der Waals surface area contributed by atoms with E-state index in [0.29, 0.717) is 0 Å². The van der Waals surface area contributed by atoms with Gasteiger partial charge in [0, 0.05) is 6.16 Å². The zero-order chi connectivity index (χ0) is 12.9. The topological polar surface area (TPSA) is 17.1 Å². The molecule has 2 atom stereocenters. The van der Waals surface area contributed by atoms with Gasteiger partial charge in [0.1, 0.15) is 0 Å². The summed E-state index contributed by atoms with van der Waals surface area (Å²) in [5, 5.41) is 0. The molecule has 0 saturated heterocycles. The first-order chi connectivity index (χ1) is 8.18. The van der Waals surface area contributed by atoms with Crippen LogP contribution >= 0.6 is 7.14 Å². The highest BCUT2D eigenvalue weighted by molar-refractivity contribution is 7.63. The highest BCUT2D eigenvalue weighted by Crippen LogP contribution is 2.51. The van der Waals surface area contributed by atoms with Gasteiger partial charge in [-0.15, -0.1) is 0 Å². The van der Waals surface area contributed by atoms with Crippen LogP contribution in [0.15, 0.2) is 12.2 Å². The minimum atomic E-state index is -1.79. The zero-order valence-electron chi connectivity index (χ0n) is 12.0. The molecule has 0 aliphatic heterocycles. The molecule has 0 spiro atoms. The van der Waals surface area contributed by atoms with Crippen molar-refractivity contribution < 1.29 is 4.57 Å². The van der Waals surface area contributed by atoms with Gasteiger partial charge in [-0.05, 0) is 49.3 Å². The molecule has 17 heavy (non-hydrogen) atoms. The molecule has 100 valence electrons. The van der Waals surface area contributed by atoms with Crippen LogP contribution in [-0.4, -0.2) is 18.5 Å². The van der Waals surface area contributed by atoms with E-state index in [-0.39, 0.29) is 0 Å². The molecule has 2 aliphatic rings. The Morgan fingerprint density at radius 1 is 1.06 bits per heavy atom. The summed E-state index contributed by atoms with van der Waals surface area (Å²) in [6.45, 7) is 8.18. The van der Waals surface area contributed by atoms with Gasteiger partial charge in [0.25, 0.3) is 0 Å². The van der Waals surface area contributed by atoms with E-state index in [1.165, 1.54) is 19.3 Å². The maximum atomic E-state index is 12.3. The van der Waals surface area contributed by atoms with Crippen molar-refractivity contribution in [3.8, 4) is 0 Å². The third-order valence-electron chi connectivity index (χ3n) is 4.56. The minimum absolute atomic E-state index is 0.831. The Hall–Kier alpha value is -0.0300. The monoisotopic (exact) mass is 256 g/mol. The van der Waals surface area contributed by atoms with E-state index in [9.17, 15) is 4.57 Å². The van der Waals surface area contributed by atoms with Crippen molar-refractivity contribution in [1.82, 2.24) is 0 Å². The second-order valence-electron chi connectivity index (χ2n) is 5.16. The van der Waals surface area contributed by atoms with Crippen LogP contribution < -0.4 is 0 Å². The fourth-order valence-electron chi connectivity index (χ4n) is 3.25. The molecule has 1 fully saturated rings. The Morgan fingerprint density at radius 3 is 1.88 bits per heavy atom. The molecule has 1 saturated carbocycles. The van der Waals surface area contributed by atoms with Gasteiger partial charge in [-0.2, -0.15) is 0 Å². The van der Waals surface area contributed by atoms with Gasteiger partial charge < -0.3 is 4.57 Å². The number of rotatable bonds is 5. The van der Waals surface area contributed by atoms with E-state index in [1.54, 1.807) is 0 Å². The van der Waals surface area contributed by atoms with Gasteiger partial charge in [0.15, 0.2) is 0 Å². The lowest BCUT2D eigenvalue weighted by molar-refractivity contribution is 0.415. The van der Waals surface area contributed by atoms with E-state index < -0.39 is 7.14 Å². The number of hydrogen-bond acceptors (Lipinski definition) is 1. The maximum absolute atomic E-state index is 12.3. The molecule has 0 amide bonds. The average Bonchev–Trinajstić information content (AvgIpc) is 2.97. The fraction of sp³-hybridized carbons (Fsp3) is 0.867. The second-order valence-corrected chi connectivity index (χ2v) is 8.99. The summed E-state index contributed by atoms with van der Waals surface area (Å²) in [5.41, 5.74) is 0. The number of fused-ring (bicyclic) bond motifs is 2. The molecule has 2 unspecified atom stereocenters. The third kappa shape index (κ3) is 3.47. The van der Waals surface area contributed by atoms with Crippen molar-refractivity contribution in [2.75, 3.05) is 18.5 Å². The highest BCUT2D eigenvalue weighted by Gasteiger charge is 2.37. The third-order valence-corrected chi connectivity index (χ3v) is 7.94. The largest absolute Gasteiger partial charge is 0.324 e. The summed E-state index contributed by atoms with van der Waals surface area (Å²) in [4.78, 5) is 0. The molecule has 2 heteroatoms. The standard InChI is InChI=1S/C13H23OP.C2H6/c1-3-15(14,4-2)10-9-13-11-5-6-12(13)8-7-11;1-2/h5-6,11-13H,3-4,7-10H2,1-2H3;1-2H3. The van der Waals surface area contributed by atoms with Crippen LogP contribution in [0.3, 0.4) is 0 Å². The van der Waals surface area contributed by atoms with Crippen molar-refractivity contribution >= 4 is 7.14 Å². The molecule has 1 nitrogen and oxygen atoms in total. The fourth-order valence-corrected chi connectivity index (χ4v) is 5.09. The molecule has 0 aromatic carbocycles. The number of hydrogen-bond donors (Lipinski definition) is 0. The van der Waals surface area contributed by atoms with Crippen molar-refractivity contribution in [3.05, 3.63) is 12.2 Å². The quantitative estimate of drug-likeness (QED) is 0.498. The molecule has 0 heterocycles. The van der Waals surface area contributed by atoms with Crippen molar-refractivity contribution in [3.63, 3.8) is 0 Å². The SMILES string of the molecule is CC.CCP(=O)(CC)CCC1C2C=CC1CC2. The summed E-state index contributed by atoms with van der Waals surface area (Å²) < 4.78 is 12.3. The van der Waals surface area contributed by atoms with Gasteiger partial charge >= 0.3 is 0 Å². The normalized spacial score (nSPS) is 30.2. The minimum Gasteiger partial charge on any atom is -0.324 e. The van der Waals surface area contributed by atoms with Gasteiger partial charge in [-0.25, -0.2) is 0 Å². The molecule has 0 aromatic heterocycles. The highest BCUT2D eigenvalue weighted by atomic mass is 31.2. The molecule has 0 N–H and O–H groups in total. The molecule has 0 radical (unpaired) electrons. The summed E-state index contributed by atoms with van der Waals surface area (Å²) in [5.74, 6) is 2.51. The van der Waals surface area contributed by atoms with Crippen LogP contribution in [0.1, 0.15) is 47.0 Å². The van der Waals surface area contributed by atoms with E-state index >= 15 is 0 Å². The summed E-state index contributed by atoms with van der Waals surface area (Å²) in [6, 6.07) is 0.